The summed E-state index contributed by atoms with van der Waals surface area (Å²) in [6, 6.07) is 0. The van der Waals surface area contributed by atoms with E-state index >= 15 is 0 Å². The first-order valence-corrected chi connectivity index (χ1v) is 10.1. The Kier molecular flexibility index (Phi) is 12.9. The lowest BCUT2D eigenvalue weighted by Crippen LogP contribution is -2.43. The molecule has 0 aliphatic rings. The van der Waals surface area contributed by atoms with E-state index in [2.05, 4.69) is 9.93 Å². The Hall–Kier alpha value is -1.22. The van der Waals surface area contributed by atoms with Crippen LogP contribution in [0.25, 0.3) is 0 Å². The molecule has 0 aliphatic carbocycles. The molecule has 0 aromatic rings. The van der Waals surface area contributed by atoms with Gasteiger partial charge in [-0.1, -0.05) is 26.7 Å². The molecule has 0 amide bonds. The zero-order chi connectivity index (χ0) is 23.5. The Morgan fingerprint density at radius 3 is 1.59 bits per heavy atom. The van der Waals surface area contributed by atoms with Crippen LogP contribution >= 0.6 is 0 Å². The molecule has 8 heteroatoms. The molecule has 0 aliphatic heterocycles. The van der Waals surface area contributed by atoms with E-state index in [4.69, 9.17) is 14.7 Å². The highest BCUT2D eigenvalue weighted by Gasteiger charge is 2.40. The Labute approximate surface area is 176 Å². The second-order valence-corrected chi connectivity index (χ2v) is 9.92. The fourth-order valence-electron chi connectivity index (χ4n) is 1.51. The predicted octanol–water partition coefficient (Wildman–Crippen LogP) is 5.39. The first-order chi connectivity index (χ1) is 12.9. The lowest BCUT2D eigenvalue weighted by Gasteiger charge is -2.30. The van der Waals surface area contributed by atoms with Crippen molar-refractivity contribution < 1.29 is 39.3 Å². The van der Waals surface area contributed by atoms with Crippen molar-refractivity contribution in [1.29, 1.82) is 0 Å². The van der Waals surface area contributed by atoms with Crippen LogP contribution in [-0.2, 0) is 34.2 Å². The SMILES string of the molecule is CC(C)(C)OOOC(=O)C(C)(C)C.CCCCC(CC)(OOC(C)(C)C)C(=O)O. The zero-order valence-electron chi connectivity index (χ0n) is 20.1. The molecule has 1 atom stereocenters. The highest BCUT2D eigenvalue weighted by Crippen LogP contribution is 2.26. The van der Waals surface area contributed by atoms with Crippen LogP contribution in [0, 0.1) is 5.41 Å². The Bertz CT molecular complexity index is 482. The van der Waals surface area contributed by atoms with E-state index in [-0.39, 0.29) is 0 Å². The maximum Gasteiger partial charge on any atom is 0.350 e. The lowest BCUT2D eigenvalue weighted by molar-refractivity contribution is -0.516. The third-order valence-electron chi connectivity index (χ3n) is 3.35. The second-order valence-electron chi connectivity index (χ2n) is 9.92. The second kappa shape index (κ2) is 12.5. The van der Waals surface area contributed by atoms with Crippen LogP contribution in [0.1, 0.15) is 102 Å². The number of hydrogen-bond acceptors (Lipinski definition) is 7. The first-order valence-electron chi connectivity index (χ1n) is 10.1. The quantitative estimate of drug-likeness (QED) is 0.390. The van der Waals surface area contributed by atoms with Gasteiger partial charge in [-0.3, -0.25) is 4.89 Å². The fraction of sp³-hybridized carbons (Fsp3) is 0.905. The van der Waals surface area contributed by atoms with Crippen molar-refractivity contribution >= 4 is 11.9 Å². The summed E-state index contributed by atoms with van der Waals surface area (Å²) in [5, 5.41) is 13.6. The highest BCUT2D eigenvalue weighted by molar-refractivity contribution is 5.77. The van der Waals surface area contributed by atoms with Gasteiger partial charge < -0.3 is 5.11 Å². The number of carbonyl (C=O) groups excluding carboxylic acids is 1. The third kappa shape index (κ3) is 15.3. The fourth-order valence-corrected chi connectivity index (χ4v) is 1.51. The molecule has 1 unspecified atom stereocenters. The van der Waals surface area contributed by atoms with Crippen molar-refractivity contribution in [2.45, 2.75) is 119 Å². The van der Waals surface area contributed by atoms with Crippen molar-refractivity contribution in [2.24, 2.45) is 5.41 Å². The molecule has 29 heavy (non-hydrogen) atoms. The van der Waals surface area contributed by atoms with Gasteiger partial charge in [0.2, 0.25) is 0 Å². The Morgan fingerprint density at radius 1 is 0.793 bits per heavy atom. The summed E-state index contributed by atoms with van der Waals surface area (Å²) in [6.07, 6.45) is 2.63. The van der Waals surface area contributed by atoms with Gasteiger partial charge >= 0.3 is 11.9 Å². The molecule has 8 nitrogen and oxygen atoms in total. The molecule has 0 spiro atoms. The van der Waals surface area contributed by atoms with E-state index in [1.807, 2.05) is 27.7 Å². The summed E-state index contributed by atoms with van der Waals surface area (Å²) in [7, 11) is 0. The van der Waals surface area contributed by atoms with Gasteiger partial charge in [-0.05, 0) is 80.2 Å². The minimum absolute atomic E-state index is 0.401. The van der Waals surface area contributed by atoms with E-state index in [1.165, 1.54) is 0 Å². The Morgan fingerprint density at radius 2 is 1.28 bits per heavy atom. The van der Waals surface area contributed by atoms with Crippen molar-refractivity contribution in [3.05, 3.63) is 0 Å². The van der Waals surface area contributed by atoms with Gasteiger partial charge in [0.15, 0.2) is 5.60 Å². The number of unbranched alkanes of at least 4 members (excludes halogenated alkanes) is 1. The molecule has 0 saturated heterocycles. The summed E-state index contributed by atoms with van der Waals surface area (Å²) >= 11 is 0. The predicted molar refractivity (Wildman–Crippen MR) is 110 cm³/mol. The topological polar surface area (TPSA) is 101 Å². The highest BCUT2D eigenvalue weighted by atomic mass is 17.5. The van der Waals surface area contributed by atoms with Crippen molar-refractivity contribution in [3.63, 3.8) is 0 Å². The minimum atomic E-state index is -1.21. The zero-order valence-corrected chi connectivity index (χ0v) is 20.1. The van der Waals surface area contributed by atoms with Crippen molar-refractivity contribution in [2.75, 3.05) is 0 Å². The van der Waals surface area contributed by atoms with Crippen molar-refractivity contribution in [3.8, 4) is 0 Å². The molecule has 0 radical (unpaired) electrons. The van der Waals surface area contributed by atoms with Crippen LogP contribution in [0.15, 0.2) is 0 Å². The van der Waals surface area contributed by atoms with Crippen LogP contribution in [0.2, 0.25) is 0 Å². The van der Waals surface area contributed by atoms with Gasteiger partial charge in [0.25, 0.3) is 0 Å². The largest absolute Gasteiger partial charge is 0.479 e. The van der Waals surface area contributed by atoms with Crippen LogP contribution < -0.4 is 0 Å². The smallest absolute Gasteiger partial charge is 0.350 e. The number of aliphatic carboxylic acids is 1. The summed E-state index contributed by atoms with van der Waals surface area (Å²) in [5.41, 5.74) is -2.77. The maximum atomic E-state index is 11.3. The summed E-state index contributed by atoms with van der Waals surface area (Å²) in [6.45, 7) is 19.9. The van der Waals surface area contributed by atoms with Crippen LogP contribution in [0.4, 0.5) is 0 Å². The molecule has 0 fully saturated rings. The monoisotopic (exact) mass is 422 g/mol. The van der Waals surface area contributed by atoms with Gasteiger partial charge in [-0.2, -0.15) is 4.89 Å². The molecule has 0 aromatic carbocycles. The van der Waals surface area contributed by atoms with E-state index in [0.29, 0.717) is 12.8 Å². The van der Waals surface area contributed by atoms with Crippen LogP contribution in [-0.4, -0.2) is 33.8 Å². The molecular formula is C21H42O8. The Balaban J connectivity index is 0. The molecule has 0 saturated carbocycles. The van der Waals surface area contributed by atoms with Gasteiger partial charge in [-0.25, -0.2) is 19.4 Å². The standard InChI is InChI=1S/C12H24O4.C9H18O4/c1-6-8-9-12(7-2,10(13)14)16-15-11(3,4)5;1-8(2,3)7(10)11-13-12-9(4,5)6/h6-9H2,1-5H3,(H,13,14);1-6H3. The average molecular weight is 423 g/mol. The van der Waals surface area contributed by atoms with Crippen LogP contribution in [0.5, 0.6) is 0 Å². The number of hydrogen-bond donors (Lipinski definition) is 1. The van der Waals surface area contributed by atoms with Gasteiger partial charge in [0, 0.05) is 0 Å². The first kappa shape index (κ1) is 30.0. The number of rotatable bonds is 9. The van der Waals surface area contributed by atoms with E-state index in [0.717, 1.165) is 12.8 Å². The van der Waals surface area contributed by atoms with E-state index in [1.54, 1.807) is 48.5 Å². The minimum Gasteiger partial charge on any atom is -0.479 e. The molecule has 174 valence electrons. The van der Waals surface area contributed by atoms with E-state index in [9.17, 15) is 14.7 Å². The molecule has 1 N–H and O–H groups in total. The molecular weight excluding hydrogens is 380 g/mol. The number of carbonyl (C=O) groups is 2. The van der Waals surface area contributed by atoms with Gasteiger partial charge in [-0.15, -0.1) is 0 Å². The molecule has 0 rings (SSSR count). The summed E-state index contributed by atoms with van der Waals surface area (Å²) < 4.78 is 0. The number of carboxylic acid groups (broad SMARTS) is 1. The average Bonchev–Trinajstić information content (AvgIpc) is 2.52. The third-order valence-corrected chi connectivity index (χ3v) is 3.35. The van der Waals surface area contributed by atoms with Crippen molar-refractivity contribution in [1.82, 2.24) is 0 Å². The molecule has 0 bridgehead atoms. The normalized spacial score (nSPS) is 14.4. The number of carboxylic acids is 1. The summed E-state index contributed by atoms with van der Waals surface area (Å²) in [4.78, 5) is 41.9. The molecule has 0 aromatic heterocycles. The van der Waals surface area contributed by atoms with Gasteiger partial charge in [0.05, 0.1) is 16.6 Å². The molecule has 0 heterocycles. The summed E-state index contributed by atoms with van der Waals surface area (Å²) in [5.74, 6) is -1.41. The van der Waals surface area contributed by atoms with Crippen LogP contribution in [0.3, 0.4) is 0 Å². The maximum absolute atomic E-state index is 11.3. The lowest BCUT2D eigenvalue weighted by atomic mass is 9.94. The van der Waals surface area contributed by atoms with Gasteiger partial charge in [0.1, 0.15) is 0 Å². The van der Waals surface area contributed by atoms with E-state index < -0.39 is 34.2 Å².